The van der Waals surface area contributed by atoms with Crippen LogP contribution in [0.25, 0.3) is 0 Å². The highest BCUT2D eigenvalue weighted by molar-refractivity contribution is 7.91. The zero-order chi connectivity index (χ0) is 17.0. The summed E-state index contributed by atoms with van der Waals surface area (Å²) >= 11 is 0. The highest BCUT2D eigenvalue weighted by Crippen LogP contribution is 2.29. The second-order valence-corrected chi connectivity index (χ2v) is 8.32. The Hall–Kier alpha value is -1.67. The molecule has 1 aromatic rings. The molecule has 1 fully saturated rings. The molecule has 0 saturated heterocycles. The van der Waals surface area contributed by atoms with Gasteiger partial charge in [-0.3, -0.25) is 10.1 Å². The first-order valence-corrected chi connectivity index (χ1v) is 9.48. The van der Waals surface area contributed by atoms with E-state index in [1.165, 1.54) is 25.5 Å². The molecule has 1 aromatic carbocycles. The number of nitrogens with zero attached hydrogens (tertiary/aromatic N) is 1. The van der Waals surface area contributed by atoms with Gasteiger partial charge in [0.15, 0.2) is 0 Å². The number of rotatable bonds is 6. The van der Waals surface area contributed by atoms with E-state index in [9.17, 15) is 18.5 Å². The molecule has 2 unspecified atom stereocenters. The lowest BCUT2D eigenvalue weighted by Crippen LogP contribution is -2.34. The summed E-state index contributed by atoms with van der Waals surface area (Å²) in [5.41, 5.74) is 1.47. The van der Waals surface area contributed by atoms with Crippen LogP contribution in [0, 0.1) is 10.1 Å². The van der Waals surface area contributed by atoms with Crippen molar-refractivity contribution in [1.82, 2.24) is 0 Å². The van der Waals surface area contributed by atoms with Gasteiger partial charge in [-0.05, 0) is 25.3 Å². The normalized spacial score (nSPS) is 21.8. The molecule has 1 N–H and O–H groups in total. The molecule has 0 bridgehead atoms. The van der Waals surface area contributed by atoms with Crippen molar-refractivity contribution >= 4 is 21.2 Å². The van der Waals surface area contributed by atoms with Gasteiger partial charge in [0.05, 0.1) is 16.8 Å². The van der Waals surface area contributed by atoms with Crippen molar-refractivity contribution in [1.29, 1.82) is 0 Å². The van der Waals surface area contributed by atoms with E-state index in [-0.39, 0.29) is 23.6 Å². The van der Waals surface area contributed by atoms with Crippen molar-refractivity contribution in [3.05, 3.63) is 33.9 Å². The zero-order valence-electron chi connectivity index (χ0n) is 13.3. The molecule has 23 heavy (non-hydrogen) atoms. The number of nitrogens with one attached hydrogen (secondary N) is 1. The number of sulfone groups is 1. The summed E-state index contributed by atoms with van der Waals surface area (Å²) < 4.78 is 28.6. The first-order chi connectivity index (χ1) is 10.8. The summed E-state index contributed by atoms with van der Waals surface area (Å²) in [6.07, 6.45) is 4.27. The van der Waals surface area contributed by atoms with Crippen LogP contribution in [0.1, 0.15) is 31.2 Å². The average Bonchev–Trinajstić information content (AvgIpc) is 2.48. The molecule has 1 aliphatic rings. The topological polar surface area (TPSA) is 98.5 Å². The summed E-state index contributed by atoms with van der Waals surface area (Å²) in [6, 6.07) is 4.64. The smallest absolute Gasteiger partial charge is 0.269 e. The second kappa shape index (κ2) is 7.27. The highest BCUT2D eigenvalue weighted by Gasteiger charge is 2.29. The lowest BCUT2D eigenvalue weighted by Gasteiger charge is -2.30. The highest BCUT2D eigenvalue weighted by atomic mass is 32.2. The Morgan fingerprint density at radius 2 is 2.13 bits per heavy atom. The minimum absolute atomic E-state index is 0.0141. The molecule has 1 aliphatic carbocycles. The van der Waals surface area contributed by atoms with Crippen LogP contribution in [0.4, 0.5) is 11.4 Å². The van der Waals surface area contributed by atoms with Gasteiger partial charge in [-0.15, -0.1) is 0 Å². The second-order valence-electron chi connectivity index (χ2n) is 5.99. The number of nitro groups is 1. The van der Waals surface area contributed by atoms with Crippen LogP contribution in [0.2, 0.25) is 0 Å². The van der Waals surface area contributed by atoms with Crippen molar-refractivity contribution in [3.63, 3.8) is 0 Å². The van der Waals surface area contributed by atoms with E-state index in [4.69, 9.17) is 4.74 Å². The largest absolute Gasteiger partial charge is 0.382 e. The number of nitro benzene ring substituents is 1. The van der Waals surface area contributed by atoms with Gasteiger partial charge in [0.2, 0.25) is 0 Å². The standard InChI is InChI=1S/C15H22N2O5S/c1-22-10-11-8-13(17(18)19)6-7-15(11)16-12-4-3-5-14(9-12)23(2,20)21/h6-8,12,14,16H,3-5,9-10H2,1-2H3. The molecule has 1 saturated carbocycles. The molecule has 0 aromatic heterocycles. The van der Waals surface area contributed by atoms with E-state index < -0.39 is 14.8 Å². The van der Waals surface area contributed by atoms with E-state index in [0.29, 0.717) is 18.4 Å². The average molecular weight is 342 g/mol. The Balaban J connectivity index is 2.17. The maximum atomic E-state index is 11.8. The van der Waals surface area contributed by atoms with E-state index in [1.807, 2.05) is 0 Å². The van der Waals surface area contributed by atoms with Crippen LogP contribution in [-0.2, 0) is 21.2 Å². The molecular formula is C15H22N2O5S. The molecule has 8 heteroatoms. The van der Waals surface area contributed by atoms with Crippen LogP contribution in [-0.4, -0.2) is 38.0 Å². The molecule has 2 atom stereocenters. The van der Waals surface area contributed by atoms with Gasteiger partial charge in [0.25, 0.3) is 5.69 Å². The zero-order valence-corrected chi connectivity index (χ0v) is 14.1. The number of hydrogen-bond donors (Lipinski definition) is 1. The van der Waals surface area contributed by atoms with Gasteiger partial charge in [-0.1, -0.05) is 6.42 Å². The van der Waals surface area contributed by atoms with Crippen LogP contribution < -0.4 is 5.32 Å². The number of non-ortho nitro benzene ring substituents is 1. The maximum absolute atomic E-state index is 11.8. The van der Waals surface area contributed by atoms with Crippen molar-refractivity contribution in [2.45, 2.75) is 43.6 Å². The first kappa shape index (κ1) is 17.7. The van der Waals surface area contributed by atoms with Gasteiger partial charge in [-0.25, -0.2) is 8.42 Å². The van der Waals surface area contributed by atoms with Crippen molar-refractivity contribution in [2.75, 3.05) is 18.7 Å². The fourth-order valence-electron chi connectivity index (χ4n) is 2.99. The van der Waals surface area contributed by atoms with Crippen LogP contribution in [0.5, 0.6) is 0 Å². The fraction of sp³-hybridized carbons (Fsp3) is 0.600. The van der Waals surface area contributed by atoms with Gasteiger partial charge in [0, 0.05) is 42.8 Å². The predicted molar refractivity (Wildman–Crippen MR) is 88.3 cm³/mol. The Labute approximate surface area is 136 Å². The SMILES string of the molecule is COCc1cc([N+](=O)[O-])ccc1NC1CCCC(S(C)(=O)=O)C1. The molecule has 0 aliphatic heterocycles. The molecule has 0 spiro atoms. The van der Waals surface area contributed by atoms with Crippen LogP contribution in [0.3, 0.4) is 0 Å². The minimum atomic E-state index is -3.04. The maximum Gasteiger partial charge on any atom is 0.269 e. The third-order valence-electron chi connectivity index (χ3n) is 4.19. The number of anilines is 1. The lowest BCUT2D eigenvalue weighted by atomic mass is 9.94. The van der Waals surface area contributed by atoms with Crippen molar-refractivity contribution < 1.29 is 18.1 Å². The first-order valence-electron chi connectivity index (χ1n) is 7.53. The van der Waals surface area contributed by atoms with Crippen molar-refractivity contribution in [2.24, 2.45) is 0 Å². The number of hydrogen-bond acceptors (Lipinski definition) is 6. The van der Waals surface area contributed by atoms with E-state index in [0.717, 1.165) is 18.5 Å². The molecule has 128 valence electrons. The third kappa shape index (κ3) is 4.65. The lowest BCUT2D eigenvalue weighted by molar-refractivity contribution is -0.384. The summed E-state index contributed by atoms with van der Waals surface area (Å²) in [6.45, 7) is 0.256. The number of methoxy groups -OCH3 is 1. The Kier molecular flexibility index (Phi) is 5.59. The van der Waals surface area contributed by atoms with Gasteiger partial charge < -0.3 is 10.1 Å². The van der Waals surface area contributed by atoms with Gasteiger partial charge in [-0.2, -0.15) is 0 Å². The van der Waals surface area contributed by atoms with E-state index in [2.05, 4.69) is 5.32 Å². The van der Waals surface area contributed by atoms with E-state index in [1.54, 1.807) is 6.07 Å². The van der Waals surface area contributed by atoms with E-state index >= 15 is 0 Å². The summed E-state index contributed by atoms with van der Waals surface area (Å²) in [7, 11) is -1.51. The minimum Gasteiger partial charge on any atom is -0.382 e. The number of benzene rings is 1. The van der Waals surface area contributed by atoms with Crippen LogP contribution in [0.15, 0.2) is 18.2 Å². The quantitative estimate of drug-likeness (QED) is 0.630. The molecule has 0 radical (unpaired) electrons. The number of ether oxygens (including phenoxy) is 1. The monoisotopic (exact) mass is 342 g/mol. The van der Waals surface area contributed by atoms with Gasteiger partial charge in [0.1, 0.15) is 9.84 Å². The fourth-order valence-corrected chi connectivity index (χ4v) is 4.17. The molecular weight excluding hydrogens is 320 g/mol. The van der Waals surface area contributed by atoms with Crippen LogP contribution >= 0.6 is 0 Å². The molecule has 0 heterocycles. The predicted octanol–water partition coefficient (Wildman–Crippen LogP) is 2.51. The van der Waals surface area contributed by atoms with Gasteiger partial charge >= 0.3 is 0 Å². The van der Waals surface area contributed by atoms with Crippen molar-refractivity contribution in [3.8, 4) is 0 Å². The Morgan fingerprint density at radius 1 is 1.39 bits per heavy atom. The summed E-state index contributed by atoms with van der Waals surface area (Å²) in [5, 5.41) is 13.9. The third-order valence-corrected chi connectivity index (χ3v) is 5.83. The summed E-state index contributed by atoms with van der Waals surface area (Å²) in [4.78, 5) is 10.4. The Morgan fingerprint density at radius 3 is 2.74 bits per heavy atom. The molecule has 2 rings (SSSR count). The molecule has 7 nitrogen and oxygen atoms in total. The Bertz CT molecular complexity index is 674. The summed E-state index contributed by atoms with van der Waals surface area (Å²) in [5.74, 6) is 0. The molecule has 0 amide bonds.